The van der Waals surface area contributed by atoms with E-state index in [1.54, 1.807) is 0 Å². The van der Waals surface area contributed by atoms with Gasteiger partial charge in [0.05, 0.1) is 5.75 Å². The van der Waals surface area contributed by atoms with E-state index in [2.05, 4.69) is 24.4 Å². The SMILES string of the molecule is CCCCCC/C=C\CCCCCCCCCNCCS(=O)(=O)O. The number of hydrogen-bond acceptors (Lipinski definition) is 3. The molecule has 0 bridgehead atoms. The van der Waals surface area contributed by atoms with Gasteiger partial charge in [0.15, 0.2) is 0 Å². The monoisotopic (exact) mass is 361 g/mol. The van der Waals surface area contributed by atoms with Crippen LogP contribution in [0.3, 0.4) is 0 Å². The second kappa shape index (κ2) is 17.4. The zero-order chi connectivity index (χ0) is 17.9. The average Bonchev–Trinajstić information content (AvgIpc) is 2.52. The predicted molar refractivity (Wildman–Crippen MR) is 104 cm³/mol. The molecule has 0 aromatic carbocycles. The summed E-state index contributed by atoms with van der Waals surface area (Å²) in [6.07, 6.45) is 21.4. The Balaban J connectivity index is 3.11. The first-order chi connectivity index (χ1) is 11.6. The van der Waals surface area contributed by atoms with Gasteiger partial charge in [-0.1, -0.05) is 70.4 Å². The van der Waals surface area contributed by atoms with E-state index in [1.807, 2.05) is 0 Å². The molecule has 144 valence electrons. The normalized spacial score (nSPS) is 12.2. The van der Waals surface area contributed by atoms with Gasteiger partial charge in [-0.2, -0.15) is 8.42 Å². The molecule has 0 unspecified atom stereocenters. The fourth-order valence-corrected chi connectivity index (χ4v) is 3.05. The van der Waals surface area contributed by atoms with Crippen LogP contribution in [0.2, 0.25) is 0 Å². The first-order valence-corrected chi connectivity index (χ1v) is 11.5. The van der Waals surface area contributed by atoms with Gasteiger partial charge in [0.1, 0.15) is 0 Å². The summed E-state index contributed by atoms with van der Waals surface area (Å²) in [6.45, 7) is 3.42. The minimum atomic E-state index is -3.81. The molecule has 0 aliphatic heterocycles. The molecule has 0 rings (SSSR count). The molecule has 0 atom stereocenters. The molecule has 0 saturated carbocycles. The third-order valence-electron chi connectivity index (χ3n) is 4.15. The van der Waals surface area contributed by atoms with Crippen LogP contribution in [0.1, 0.15) is 90.4 Å². The third kappa shape index (κ3) is 21.6. The van der Waals surface area contributed by atoms with Crippen LogP contribution in [0.15, 0.2) is 12.2 Å². The van der Waals surface area contributed by atoms with Gasteiger partial charge in [0.25, 0.3) is 10.1 Å². The van der Waals surface area contributed by atoms with Gasteiger partial charge in [0.2, 0.25) is 0 Å². The van der Waals surface area contributed by atoms with Crippen molar-refractivity contribution in [2.75, 3.05) is 18.8 Å². The van der Waals surface area contributed by atoms with Crippen molar-refractivity contribution in [1.82, 2.24) is 5.32 Å². The Hall–Kier alpha value is -0.390. The molecular weight excluding hydrogens is 322 g/mol. The van der Waals surface area contributed by atoms with Gasteiger partial charge in [-0.15, -0.1) is 0 Å². The van der Waals surface area contributed by atoms with Crippen LogP contribution in [0.5, 0.6) is 0 Å². The molecule has 0 fully saturated rings. The van der Waals surface area contributed by atoms with Crippen molar-refractivity contribution in [2.24, 2.45) is 0 Å². The molecule has 0 aromatic heterocycles. The third-order valence-corrected chi connectivity index (χ3v) is 4.87. The Morgan fingerprint density at radius 1 is 0.750 bits per heavy atom. The van der Waals surface area contributed by atoms with Gasteiger partial charge >= 0.3 is 0 Å². The lowest BCUT2D eigenvalue weighted by Gasteiger charge is -2.04. The second-order valence-corrected chi connectivity index (χ2v) is 8.19. The van der Waals surface area contributed by atoms with Crippen molar-refractivity contribution >= 4 is 10.1 Å². The zero-order valence-corrected chi connectivity index (χ0v) is 16.5. The van der Waals surface area contributed by atoms with Crippen LogP contribution in [-0.2, 0) is 10.1 Å². The minimum absolute atomic E-state index is 0.194. The number of nitrogens with one attached hydrogen (secondary N) is 1. The lowest BCUT2D eigenvalue weighted by Crippen LogP contribution is -2.23. The molecule has 0 aliphatic rings. The summed E-state index contributed by atoms with van der Waals surface area (Å²) in [5.41, 5.74) is 0. The van der Waals surface area contributed by atoms with Gasteiger partial charge in [-0.05, 0) is 38.6 Å². The average molecular weight is 362 g/mol. The quantitative estimate of drug-likeness (QED) is 0.202. The van der Waals surface area contributed by atoms with Crippen LogP contribution in [0.4, 0.5) is 0 Å². The standard InChI is InChI=1S/C19H39NO3S/c1-2-3-4-5-6-7-8-9-10-11-12-13-14-15-16-17-20-18-19-24(21,22)23/h7-8,20H,2-6,9-19H2,1H3,(H,21,22,23)/b8-7-. The first kappa shape index (κ1) is 23.6. The molecule has 5 heteroatoms. The highest BCUT2D eigenvalue weighted by atomic mass is 32.2. The van der Waals surface area contributed by atoms with Crippen molar-refractivity contribution in [3.63, 3.8) is 0 Å². The lowest BCUT2D eigenvalue weighted by atomic mass is 10.1. The molecule has 0 aliphatic carbocycles. The molecular formula is C19H39NO3S. The van der Waals surface area contributed by atoms with Crippen LogP contribution in [0, 0.1) is 0 Å². The summed E-state index contributed by atoms with van der Waals surface area (Å²) in [7, 11) is -3.81. The Kier molecular flexibility index (Phi) is 17.2. The summed E-state index contributed by atoms with van der Waals surface area (Å²) in [6, 6.07) is 0. The van der Waals surface area contributed by atoms with Crippen LogP contribution in [0.25, 0.3) is 0 Å². The van der Waals surface area contributed by atoms with Crippen LogP contribution in [-0.4, -0.2) is 31.8 Å². The fraction of sp³-hybridized carbons (Fsp3) is 0.895. The fourth-order valence-electron chi connectivity index (χ4n) is 2.65. The van der Waals surface area contributed by atoms with Crippen molar-refractivity contribution in [2.45, 2.75) is 90.4 Å². The largest absolute Gasteiger partial charge is 0.316 e. The maximum atomic E-state index is 10.5. The highest BCUT2D eigenvalue weighted by Gasteiger charge is 2.02. The maximum absolute atomic E-state index is 10.5. The van der Waals surface area contributed by atoms with Gasteiger partial charge in [-0.3, -0.25) is 4.55 Å². The smallest absolute Gasteiger partial charge is 0.266 e. The summed E-state index contributed by atoms with van der Waals surface area (Å²) in [5.74, 6) is -0.194. The van der Waals surface area contributed by atoms with E-state index in [4.69, 9.17) is 4.55 Å². The van der Waals surface area contributed by atoms with E-state index >= 15 is 0 Å². The van der Waals surface area contributed by atoms with E-state index in [-0.39, 0.29) is 5.75 Å². The Morgan fingerprint density at radius 3 is 1.79 bits per heavy atom. The molecule has 0 saturated heterocycles. The van der Waals surface area contributed by atoms with Gasteiger partial charge in [-0.25, -0.2) is 0 Å². The zero-order valence-electron chi connectivity index (χ0n) is 15.6. The van der Waals surface area contributed by atoms with E-state index in [1.165, 1.54) is 77.0 Å². The topological polar surface area (TPSA) is 66.4 Å². The highest BCUT2D eigenvalue weighted by molar-refractivity contribution is 7.85. The summed E-state index contributed by atoms with van der Waals surface area (Å²) >= 11 is 0. The van der Waals surface area contributed by atoms with Crippen molar-refractivity contribution in [1.29, 1.82) is 0 Å². The first-order valence-electron chi connectivity index (χ1n) is 9.87. The minimum Gasteiger partial charge on any atom is -0.316 e. The van der Waals surface area contributed by atoms with E-state index in [0.717, 1.165) is 13.0 Å². The van der Waals surface area contributed by atoms with Crippen molar-refractivity contribution in [3.8, 4) is 0 Å². The number of unbranched alkanes of at least 4 members (excludes halogenated alkanes) is 11. The molecule has 0 aromatic rings. The molecule has 2 N–H and O–H groups in total. The van der Waals surface area contributed by atoms with Crippen molar-refractivity contribution in [3.05, 3.63) is 12.2 Å². The van der Waals surface area contributed by atoms with E-state index in [0.29, 0.717) is 6.54 Å². The predicted octanol–water partition coefficient (Wildman–Crippen LogP) is 5.11. The van der Waals surface area contributed by atoms with Crippen molar-refractivity contribution < 1.29 is 13.0 Å². The second-order valence-electron chi connectivity index (χ2n) is 6.62. The summed E-state index contributed by atoms with van der Waals surface area (Å²) in [5, 5.41) is 3.04. The van der Waals surface area contributed by atoms with Gasteiger partial charge < -0.3 is 5.32 Å². The van der Waals surface area contributed by atoms with E-state index in [9.17, 15) is 8.42 Å². The molecule has 4 nitrogen and oxygen atoms in total. The maximum Gasteiger partial charge on any atom is 0.266 e. The van der Waals surface area contributed by atoms with Crippen LogP contribution < -0.4 is 5.32 Å². The Bertz CT molecular complexity index is 380. The molecule has 0 spiro atoms. The summed E-state index contributed by atoms with van der Waals surface area (Å²) in [4.78, 5) is 0. The number of rotatable bonds is 18. The van der Waals surface area contributed by atoms with Crippen LogP contribution >= 0.6 is 0 Å². The Labute approximate surface area is 150 Å². The van der Waals surface area contributed by atoms with E-state index < -0.39 is 10.1 Å². The molecule has 24 heavy (non-hydrogen) atoms. The molecule has 0 heterocycles. The highest BCUT2D eigenvalue weighted by Crippen LogP contribution is 2.09. The Morgan fingerprint density at radius 2 is 1.25 bits per heavy atom. The molecule has 0 radical (unpaired) electrons. The lowest BCUT2D eigenvalue weighted by molar-refractivity contribution is 0.479. The summed E-state index contributed by atoms with van der Waals surface area (Å²) < 4.78 is 29.6. The number of allylic oxidation sites excluding steroid dienone is 2. The molecule has 0 amide bonds. The number of hydrogen-bond donors (Lipinski definition) is 2. The van der Waals surface area contributed by atoms with Gasteiger partial charge in [0, 0.05) is 6.54 Å².